The number of hydrogen-bond donors (Lipinski definition) is 2. The molecule has 0 radical (unpaired) electrons. The van der Waals surface area contributed by atoms with E-state index in [0.29, 0.717) is 13.0 Å². The first-order chi connectivity index (χ1) is 7.69. The minimum Gasteiger partial charge on any atom is -0.385 e. The summed E-state index contributed by atoms with van der Waals surface area (Å²) in [6.07, 6.45) is 0.805. The van der Waals surface area contributed by atoms with Gasteiger partial charge in [0.1, 0.15) is 11.6 Å². The number of halogens is 2. The molecule has 3 N–H and O–H groups in total. The molecule has 1 rings (SSSR count). The van der Waals surface area contributed by atoms with Crippen LogP contribution in [0, 0.1) is 11.6 Å². The standard InChI is InChI=1S/C11H16F2N2O/c1-16-6-5-8(15-14)7-9-10(12)3-2-4-11(9)13/h2-4,8,15H,5-7,14H2,1H3. The molecule has 0 aliphatic heterocycles. The molecule has 0 aliphatic carbocycles. The second-order valence-electron chi connectivity index (χ2n) is 3.55. The molecule has 0 aromatic heterocycles. The van der Waals surface area contributed by atoms with Gasteiger partial charge in [-0.1, -0.05) is 6.07 Å². The second kappa shape index (κ2) is 6.52. The van der Waals surface area contributed by atoms with Crippen LogP contribution in [0.25, 0.3) is 0 Å². The van der Waals surface area contributed by atoms with Crippen molar-refractivity contribution in [2.75, 3.05) is 13.7 Å². The summed E-state index contributed by atoms with van der Waals surface area (Å²) >= 11 is 0. The number of ether oxygens (including phenoxy) is 1. The number of hydrazine groups is 1. The van der Waals surface area contributed by atoms with Crippen LogP contribution in [-0.4, -0.2) is 19.8 Å². The summed E-state index contributed by atoms with van der Waals surface area (Å²) in [5, 5.41) is 0. The van der Waals surface area contributed by atoms with E-state index < -0.39 is 11.6 Å². The van der Waals surface area contributed by atoms with Gasteiger partial charge in [0, 0.05) is 25.3 Å². The minimum atomic E-state index is -0.544. The zero-order valence-corrected chi connectivity index (χ0v) is 9.17. The van der Waals surface area contributed by atoms with Gasteiger partial charge < -0.3 is 4.74 Å². The number of hydrogen-bond acceptors (Lipinski definition) is 3. The summed E-state index contributed by atoms with van der Waals surface area (Å²) in [5.74, 6) is 4.22. The Labute approximate surface area is 93.6 Å². The Morgan fingerprint density at radius 2 is 2.00 bits per heavy atom. The highest BCUT2D eigenvalue weighted by molar-refractivity contribution is 5.20. The van der Waals surface area contributed by atoms with Crippen LogP contribution < -0.4 is 11.3 Å². The summed E-state index contributed by atoms with van der Waals surface area (Å²) in [5.41, 5.74) is 2.58. The van der Waals surface area contributed by atoms with Gasteiger partial charge in [0.25, 0.3) is 0 Å². The first-order valence-electron chi connectivity index (χ1n) is 5.07. The number of nitrogens with two attached hydrogens (primary N) is 1. The van der Waals surface area contributed by atoms with E-state index >= 15 is 0 Å². The monoisotopic (exact) mass is 230 g/mol. The van der Waals surface area contributed by atoms with Gasteiger partial charge in [0.15, 0.2) is 0 Å². The summed E-state index contributed by atoms with van der Waals surface area (Å²) in [7, 11) is 1.57. The van der Waals surface area contributed by atoms with Crippen LogP contribution in [0.1, 0.15) is 12.0 Å². The molecule has 0 heterocycles. The van der Waals surface area contributed by atoms with Crippen molar-refractivity contribution in [3.8, 4) is 0 Å². The van der Waals surface area contributed by atoms with E-state index in [1.165, 1.54) is 18.2 Å². The molecule has 3 nitrogen and oxygen atoms in total. The molecule has 16 heavy (non-hydrogen) atoms. The van der Waals surface area contributed by atoms with Crippen molar-refractivity contribution < 1.29 is 13.5 Å². The lowest BCUT2D eigenvalue weighted by molar-refractivity contribution is 0.182. The predicted molar refractivity (Wildman–Crippen MR) is 57.7 cm³/mol. The largest absolute Gasteiger partial charge is 0.385 e. The lowest BCUT2D eigenvalue weighted by Gasteiger charge is -2.16. The summed E-state index contributed by atoms with van der Waals surface area (Å²) in [6, 6.07) is 3.62. The van der Waals surface area contributed by atoms with E-state index in [2.05, 4.69) is 5.43 Å². The zero-order valence-electron chi connectivity index (χ0n) is 9.17. The van der Waals surface area contributed by atoms with Crippen molar-refractivity contribution in [1.82, 2.24) is 5.43 Å². The molecule has 0 amide bonds. The summed E-state index contributed by atoms with van der Waals surface area (Å²) in [6.45, 7) is 0.491. The van der Waals surface area contributed by atoms with Crippen molar-refractivity contribution in [2.45, 2.75) is 18.9 Å². The molecule has 1 aromatic rings. The van der Waals surface area contributed by atoms with Gasteiger partial charge in [-0.25, -0.2) is 8.78 Å². The molecule has 0 fully saturated rings. The first kappa shape index (κ1) is 13.0. The lowest BCUT2D eigenvalue weighted by atomic mass is 10.0. The molecule has 0 spiro atoms. The fourth-order valence-electron chi connectivity index (χ4n) is 1.48. The van der Waals surface area contributed by atoms with Gasteiger partial charge in [-0.2, -0.15) is 0 Å². The molecular formula is C11H16F2N2O. The second-order valence-corrected chi connectivity index (χ2v) is 3.55. The third kappa shape index (κ3) is 3.52. The quantitative estimate of drug-likeness (QED) is 0.573. The molecular weight excluding hydrogens is 214 g/mol. The molecule has 0 aliphatic rings. The van der Waals surface area contributed by atoms with Crippen LogP contribution in [0.3, 0.4) is 0 Å². The van der Waals surface area contributed by atoms with Crippen LogP contribution >= 0.6 is 0 Å². The van der Waals surface area contributed by atoms with Crippen LogP contribution in [0.15, 0.2) is 18.2 Å². The topological polar surface area (TPSA) is 47.3 Å². The molecule has 90 valence electrons. The molecule has 0 saturated carbocycles. The van der Waals surface area contributed by atoms with Crippen molar-refractivity contribution in [1.29, 1.82) is 0 Å². The molecule has 5 heteroatoms. The van der Waals surface area contributed by atoms with Crippen LogP contribution in [-0.2, 0) is 11.2 Å². The number of methoxy groups -OCH3 is 1. The Balaban J connectivity index is 2.69. The van der Waals surface area contributed by atoms with E-state index in [1.807, 2.05) is 0 Å². The smallest absolute Gasteiger partial charge is 0.129 e. The van der Waals surface area contributed by atoms with E-state index in [-0.39, 0.29) is 18.0 Å². The molecule has 1 atom stereocenters. The fourth-order valence-corrected chi connectivity index (χ4v) is 1.48. The fraction of sp³-hybridized carbons (Fsp3) is 0.455. The molecule has 0 saturated heterocycles. The normalized spacial score (nSPS) is 12.8. The van der Waals surface area contributed by atoms with E-state index in [1.54, 1.807) is 7.11 Å². The third-order valence-electron chi connectivity index (χ3n) is 2.42. The molecule has 1 aromatic carbocycles. The van der Waals surface area contributed by atoms with Gasteiger partial charge in [-0.05, 0) is 25.0 Å². The highest BCUT2D eigenvalue weighted by atomic mass is 19.1. The first-order valence-corrected chi connectivity index (χ1v) is 5.07. The van der Waals surface area contributed by atoms with Crippen molar-refractivity contribution in [3.05, 3.63) is 35.4 Å². The Hall–Kier alpha value is -1.04. The van der Waals surface area contributed by atoms with Gasteiger partial charge in [0.05, 0.1) is 0 Å². The van der Waals surface area contributed by atoms with Crippen molar-refractivity contribution >= 4 is 0 Å². The van der Waals surface area contributed by atoms with Crippen LogP contribution in [0.2, 0.25) is 0 Å². The number of benzene rings is 1. The highest BCUT2D eigenvalue weighted by Gasteiger charge is 2.14. The van der Waals surface area contributed by atoms with E-state index in [9.17, 15) is 8.78 Å². The van der Waals surface area contributed by atoms with E-state index in [4.69, 9.17) is 10.6 Å². The molecule has 0 bridgehead atoms. The maximum Gasteiger partial charge on any atom is 0.129 e. The number of nitrogens with one attached hydrogen (secondary N) is 1. The van der Waals surface area contributed by atoms with Gasteiger partial charge in [-0.3, -0.25) is 11.3 Å². The van der Waals surface area contributed by atoms with Crippen LogP contribution in [0.5, 0.6) is 0 Å². The van der Waals surface area contributed by atoms with Gasteiger partial charge in [-0.15, -0.1) is 0 Å². The average molecular weight is 230 g/mol. The van der Waals surface area contributed by atoms with Crippen LogP contribution in [0.4, 0.5) is 8.78 Å². The van der Waals surface area contributed by atoms with Crippen molar-refractivity contribution in [3.63, 3.8) is 0 Å². The Morgan fingerprint density at radius 3 is 2.50 bits per heavy atom. The van der Waals surface area contributed by atoms with E-state index in [0.717, 1.165) is 0 Å². The summed E-state index contributed by atoms with van der Waals surface area (Å²) in [4.78, 5) is 0. The highest BCUT2D eigenvalue weighted by Crippen LogP contribution is 2.15. The Morgan fingerprint density at radius 1 is 1.38 bits per heavy atom. The maximum absolute atomic E-state index is 13.3. The van der Waals surface area contributed by atoms with Gasteiger partial charge in [0.2, 0.25) is 0 Å². The Bertz CT molecular complexity index is 314. The Kier molecular flexibility index (Phi) is 5.31. The third-order valence-corrected chi connectivity index (χ3v) is 2.42. The zero-order chi connectivity index (χ0) is 12.0. The summed E-state index contributed by atoms with van der Waals surface area (Å²) < 4.78 is 31.5. The van der Waals surface area contributed by atoms with Gasteiger partial charge >= 0.3 is 0 Å². The number of rotatable bonds is 6. The lowest BCUT2D eigenvalue weighted by Crippen LogP contribution is -2.38. The predicted octanol–water partition coefficient (Wildman–Crippen LogP) is 1.38. The molecule has 1 unspecified atom stereocenters. The van der Waals surface area contributed by atoms with Crippen molar-refractivity contribution in [2.24, 2.45) is 5.84 Å². The maximum atomic E-state index is 13.3. The average Bonchev–Trinajstić information content (AvgIpc) is 2.28. The SMILES string of the molecule is COCCC(Cc1c(F)cccc1F)NN. The minimum absolute atomic E-state index is 0.0570.